The van der Waals surface area contributed by atoms with Crippen molar-refractivity contribution >= 4 is 21.8 Å². The van der Waals surface area contributed by atoms with Gasteiger partial charge >= 0.3 is 0 Å². The molecule has 4 aromatic rings. The van der Waals surface area contributed by atoms with E-state index in [0.717, 1.165) is 40.0 Å². The lowest BCUT2D eigenvalue weighted by Crippen LogP contribution is -2.03. The minimum atomic E-state index is 0.433. The highest BCUT2D eigenvalue weighted by molar-refractivity contribution is 6.02. The maximum Gasteiger partial charge on any atom is 0.154 e. The molecule has 0 radical (unpaired) electrons. The zero-order valence-electron chi connectivity index (χ0n) is 15.2. The smallest absolute Gasteiger partial charge is 0.154 e. The molecule has 1 saturated carbocycles. The number of rotatable bonds is 1. The van der Waals surface area contributed by atoms with Crippen molar-refractivity contribution in [2.75, 3.05) is 0 Å². The van der Waals surface area contributed by atoms with Gasteiger partial charge in [0.25, 0.3) is 0 Å². The topological polar surface area (TPSA) is 43.6 Å². The van der Waals surface area contributed by atoms with Crippen LogP contribution in [0.2, 0.25) is 0 Å². The molecule has 2 aliphatic rings. The fraction of sp³-hybridized carbons (Fsp3) is 0.318. The Hall–Kier alpha value is -2.75. The molecule has 3 aromatic heterocycles. The van der Waals surface area contributed by atoms with Crippen LogP contribution in [0.5, 0.6) is 0 Å². The molecule has 2 aliphatic carbocycles. The number of hydrogen-bond donors (Lipinski definition) is 0. The zero-order valence-corrected chi connectivity index (χ0v) is 15.2. The predicted octanol–water partition coefficient (Wildman–Crippen LogP) is 4.57. The molecule has 6 rings (SSSR count). The number of fused-ring (bicyclic) bond motifs is 6. The normalized spacial score (nSPS) is 22.6. The van der Waals surface area contributed by atoms with E-state index in [9.17, 15) is 0 Å². The van der Waals surface area contributed by atoms with Crippen molar-refractivity contribution in [1.82, 2.24) is 19.7 Å². The van der Waals surface area contributed by atoms with Crippen LogP contribution in [0.25, 0.3) is 27.6 Å². The minimum Gasteiger partial charge on any atom is -0.254 e. The van der Waals surface area contributed by atoms with E-state index >= 15 is 0 Å². The summed E-state index contributed by atoms with van der Waals surface area (Å²) in [5.41, 5.74) is 6.32. The van der Waals surface area contributed by atoms with E-state index in [1.54, 1.807) is 0 Å². The summed E-state index contributed by atoms with van der Waals surface area (Å²) >= 11 is 0. The number of pyridine rings is 2. The summed E-state index contributed by atoms with van der Waals surface area (Å²) in [5.74, 6) is 2.35. The Morgan fingerprint density at radius 2 is 1.81 bits per heavy atom. The number of hydrogen-bond acceptors (Lipinski definition) is 3. The number of aromatic nitrogens is 4. The lowest BCUT2D eigenvalue weighted by atomic mass is 9.98. The second kappa shape index (κ2) is 4.50. The second-order valence-electron chi connectivity index (χ2n) is 8.35. The first-order valence-electron chi connectivity index (χ1n) is 9.29. The third-order valence-corrected chi connectivity index (χ3v) is 6.65. The summed E-state index contributed by atoms with van der Waals surface area (Å²) < 4.78 is 2.04. The van der Waals surface area contributed by atoms with E-state index in [1.807, 2.05) is 16.9 Å². The molecular weight excluding hydrogens is 320 g/mol. The van der Waals surface area contributed by atoms with Gasteiger partial charge in [0.15, 0.2) is 5.82 Å². The summed E-state index contributed by atoms with van der Waals surface area (Å²) in [4.78, 5) is 9.52. The van der Waals surface area contributed by atoms with E-state index < -0.39 is 0 Å². The van der Waals surface area contributed by atoms with Gasteiger partial charge in [0.1, 0.15) is 0 Å². The van der Waals surface area contributed by atoms with Crippen molar-refractivity contribution in [2.45, 2.75) is 33.1 Å². The van der Waals surface area contributed by atoms with Crippen LogP contribution in [0, 0.1) is 18.3 Å². The molecule has 0 bridgehead atoms. The zero-order chi connectivity index (χ0) is 17.6. The van der Waals surface area contributed by atoms with Crippen molar-refractivity contribution < 1.29 is 0 Å². The van der Waals surface area contributed by atoms with Gasteiger partial charge in [-0.25, -0.2) is 9.67 Å². The summed E-state index contributed by atoms with van der Waals surface area (Å²) in [6.07, 6.45) is 2.94. The molecule has 26 heavy (non-hydrogen) atoms. The van der Waals surface area contributed by atoms with E-state index in [4.69, 9.17) is 10.1 Å². The summed E-state index contributed by atoms with van der Waals surface area (Å²) in [6, 6.07) is 12.5. The van der Waals surface area contributed by atoms with Crippen LogP contribution >= 0.6 is 0 Å². The van der Waals surface area contributed by atoms with Gasteiger partial charge in [-0.3, -0.25) is 4.98 Å². The third kappa shape index (κ3) is 1.67. The molecule has 1 fully saturated rings. The van der Waals surface area contributed by atoms with Gasteiger partial charge < -0.3 is 0 Å². The van der Waals surface area contributed by atoms with Crippen LogP contribution in [0.3, 0.4) is 0 Å². The summed E-state index contributed by atoms with van der Waals surface area (Å²) in [6.45, 7) is 6.96. The van der Waals surface area contributed by atoms with Crippen molar-refractivity contribution in [3.63, 3.8) is 0 Å². The molecule has 2 atom stereocenters. The monoisotopic (exact) mass is 340 g/mol. The van der Waals surface area contributed by atoms with Gasteiger partial charge in [0.05, 0.1) is 16.7 Å². The van der Waals surface area contributed by atoms with Crippen LogP contribution in [0.1, 0.15) is 36.7 Å². The van der Waals surface area contributed by atoms with Gasteiger partial charge in [-0.05, 0) is 48.8 Å². The Balaban J connectivity index is 1.56. The molecule has 4 heteroatoms. The predicted molar refractivity (Wildman–Crippen MR) is 103 cm³/mol. The lowest BCUT2D eigenvalue weighted by molar-refractivity contribution is 0.536. The highest BCUT2D eigenvalue weighted by Gasteiger charge is 2.63. The van der Waals surface area contributed by atoms with Gasteiger partial charge in [-0.2, -0.15) is 5.10 Å². The molecule has 0 spiro atoms. The lowest BCUT2D eigenvalue weighted by Gasteiger charge is -2.08. The molecule has 128 valence electrons. The largest absolute Gasteiger partial charge is 0.254 e. The average Bonchev–Trinajstić information content (AvgIpc) is 2.97. The fourth-order valence-corrected chi connectivity index (χ4v) is 5.09. The van der Waals surface area contributed by atoms with Gasteiger partial charge in [-0.15, -0.1) is 0 Å². The number of nitrogens with zero attached hydrogens (tertiary/aromatic N) is 4. The highest BCUT2D eigenvalue weighted by atomic mass is 15.3. The average molecular weight is 340 g/mol. The molecule has 0 amide bonds. The Morgan fingerprint density at radius 3 is 2.65 bits per heavy atom. The third-order valence-electron chi connectivity index (χ3n) is 6.65. The molecule has 3 heterocycles. The standard InChI is InChI=1S/C22H20N4/c1-12-18-16(11-15-19(18)22(15,2)3)25-26(12)17-9-8-14-7-6-13-5-4-10-23-20(13)21(14)24-17/h4-10,15,19H,11H2,1-3H3/t15-,19-/m1/s1. The quantitative estimate of drug-likeness (QED) is 0.477. The van der Waals surface area contributed by atoms with E-state index in [0.29, 0.717) is 11.3 Å². The Bertz CT molecular complexity index is 1220. The maximum atomic E-state index is 4.96. The Kier molecular flexibility index (Phi) is 2.50. The fourth-order valence-electron chi connectivity index (χ4n) is 5.09. The number of benzene rings is 1. The molecule has 0 aliphatic heterocycles. The molecule has 0 unspecified atom stereocenters. The summed E-state index contributed by atoms with van der Waals surface area (Å²) in [5, 5.41) is 7.16. The first-order valence-corrected chi connectivity index (χ1v) is 9.29. The van der Waals surface area contributed by atoms with Crippen molar-refractivity contribution in [3.05, 3.63) is 59.5 Å². The van der Waals surface area contributed by atoms with Crippen LogP contribution < -0.4 is 0 Å². The Labute approximate surface area is 151 Å². The first-order chi connectivity index (χ1) is 12.6. The second-order valence-corrected chi connectivity index (χ2v) is 8.35. The SMILES string of the molecule is Cc1c2c(nn1-c1ccc3ccc4cccnc4c3n1)C[C@@H]1[C@H]2C1(C)C. The van der Waals surface area contributed by atoms with Crippen LogP contribution in [0.4, 0.5) is 0 Å². The van der Waals surface area contributed by atoms with Crippen molar-refractivity contribution in [1.29, 1.82) is 0 Å². The maximum absolute atomic E-state index is 4.96. The molecule has 4 nitrogen and oxygen atoms in total. The van der Waals surface area contributed by atoms with Crippen molar-refractivity contribution in [3.8, 4) is 5.82 Å². The van der Waals surface area contributed by atoms with Crippen LogP contribution in [-0.2, 0) is 6.42 Å². The first kappa shape index (κ1) is 14.4. The van der Waals surface area contributed by atoms with Gasteiger partial charge in [0.2, 0.25) is 0 Å². The minimum absolute atomic E-state index is 0.433. The molecule has 0 N–H and O–H groups in total. The van der Waals surface area contributed by atoms with Gasteiger partial charge in [0, 0.05) is 28.2 Å². The highest BCUT2D eigenvalue weighted by Crippen LogP contribution is 2.70. The van der Waals surface area contributed by atoms with E-state index in [-0.39, 0.29) is 0 Å². The summed E-state index contributed by atoms with van der Waals surface area (Å²) in [7, 11) is 0. The molecule has 1 aromatic carbocycles. The Morgan fingerprint density at radius 1 is 1.04 bits per heavy atom. The van der Waals surface area contributed by atoms with Crippen LogP contribution in [0.15, 0.2) is 42.6 Å². The van der Waals surface area contributed by atoms with Crippen LogP contribution in [-0.4, -0.2) is 19.7 Å². The van der Waals surface area contributed by atoms with Gasteiger partial charge in [-0.1, -0.05) is 32.0 Å². The molecular formula is C22H20N4. The van der Waals surface area contributed by atoms with Crippen molar-refractivity contribution in [2.24, 2.45) is 11.3 Å². The van der Waals surface area contributed by atoms with E-state index in [1.165, 1.54) is 17.0 Å². The van der Waals surface area contributed by atoms with E-state index in [2.05, 4.69) is 56.1 Å². The molecule has 0 saturated heterocycles.